The number of nitrogens with zero attached hydrogens (tertiary/aromatic N) is 1. The van der Waals surface area contributed by atoms with Crippen molar-refractivity contribution in [3.05, 3.63) is 67.9 Å². The lowest BCUT2D eigenvalue weighted by Gasteiger charge is -2.09. The number of nitro benzene ring substituents is 1. The monoisotopic (exact) mass is 352 g/mol. The van der Waals surface area contributed by atoms with Crippen LogP contribution in [0.4, 0.5) is 15.8 Å². The Balaban J connectivity index is 2.33. The maximum Gasteiger partial charge on any atom is 0.271 e. The quantitative estimate of drug-likeness (QED) is 0.668. The first-order valence-corrected chi connectivity index (χ1v) is 6.70. The molecule has 0 aliphatic carbocycles. The molecule has 108 valence electrons. The lowest BCUT2D eigenvalue weighted by atomic mass is 10.1. The van der Waals surface area contributed by atoms with E-state index in [0.29, 0.717) is 10.0 Å². The Bertz CT molecular complexity index is 734. The number of hydrogen-bond acceptors (Lipinski definition) is 3. The van der Waals surface area contributed by atoms with Crippen molar-refractivity contribution in [2.45, 2.75) is 6.92 Å². The minimum absolute atomic E-state index is 0.234. The summed E-state index contributed by atoms with van der Waals surface area (Å²) in [7, 11) is 0. The fraction of sp³-hybridized carbons (Fsp3) is 0.0714. The van der Waals surface area contributed by atoms with E-state index in [-0.39, 0.29) is 11.4 Å². The van der Waals surface area contributed by atoms with Crippen LogP contribution in [0.25, 0.3) is 0 Å². The van der Waals surface area contributed by atoms with Gasteiger partial charge in [0.05, 0.1) is 16.2 Å². The highest BCUT2D eigenvalue weighted by atomic mass is 79.9. The summed E-state index contributed by atoms with van der Waals surface area (Å²) in [6.07, 6.45) is 0. The third kappa shape index (κ3) is 3.25. The summed E-state index contributed by atoms with van der Waals surface area (Å²) in [5.41, 5.74) is 0.640. The van der Waals surface area contributed by atoms with E-state index in [4.69, 9.17) is 0 Å². The van der Waals surface area contributed by atoms with Gasteiger partial charge >= 0.3 is 0 Å². The van der Waals surface area contributed by atoms with Crippen molar-refractivity contribution in [1.82, 2.24) is 0 Å². The summed E-state index contributed by atoms with van der Waals surface area (Å²) in [5.74, 6) is -1.29. The Hall–Kier alpha value is -2.28. The summed E-state index contributed by atoms with van der Waals surface area (Å²) < 4.78 is 14.2. The second-order valence-electron chi connectivity index (χ2n) is 4.31. The molecule has 0 aromatic heterocycles. The van der Waals surface area contributed by atoms with Gasteiger partial charge in [-0.25, -0.2) is 4.39 Å². The summed E-state index contributed by atoms with van der Waals surface area (Å²) in [6.45, 7) is 1.81. The van der Waals surface area contributed by atoms with Gasteiger partial charge in [-0.15, -0.1) is 0 Å². The second-order valence-corrected chi connectivity index (χ2v) is 5.10. The summed E-state index contributed by atoms with van der Waals surface area (Å²) in [5, 5.41) is 13.0. The van der Waals surface area contributed by atoms with Gasteiger partial charge in [0.25, 0.3) is 11.6 Å². The van der Waals surface area contributed by atoms with Crippen LogP contribution < -0.4 is 5.32 Å². The molecular formula is C14H10BrFN2O3. The van der Waals surface area contributed by atoms with Gasteiger partial charge in [0.1, 0.15) is 5.82 Å². The Morgan fingerprint density at radius 1 is 1.33 bits per heavy atom. The van der Waals surface area contributed by atoms with Gasteiger partial charge in [0.15, 0.2) is 0 Å². The fourth-order valence-corrected chi connectivity index (χ4v) is 2.18. The summed E-state index contributed by atoms with van der Waals surface area (Å²) in [6, 6.07) is 8.04. The molecule has 2 rings (SSSR count). The van der Waals surface area contributed by atoms with Crippen LogP contribution in [0.1, 0.15) is 15.9 Å². The molecule has 0 radical (unpaired) electrons. The molecule has 0 bridgehead atoms. The molecule has 0 atom stereocenters. The number of aryl methyl sites for hydroxylation is 1. The minimum atomic E-state index is -0.738. The van der Waals surface area contributed by atoms with Crippen LogP contribution in [0.5, 0.6) is 0 Å². The van der Waals surface area contributed by atoms with Crippen LogP contribution in [-0.2, 0) is 0 Å². The van der Waals surface area contributed by atoms with Crippen LogP contribution in [0.2, 0.25) is 0 Å². The normalized spacial score (nSPS) is 10.2. The van der Waals surface area contributed by atoms with Crippen molar-refractivity contribution in [2.75, 3.05) is 5.32 Å². The Kier molecular flexibility index (Phi) is 4.32. The lowest BCUT2D eigenvalue weighted by molar-refractivity contribution is -0.384. The van der Waals surface area contributed by atoms with Crippen molar-refractivity contribution in [3.8, 4) is 0 Å². The largest absolute Gasteiger partial charge is 0.319 e. The molecule has 1 N–H and O–H groups in total. The molecule has 1 amide bonds. The molecule has 7 heteroatoms. The Labute approximate surface area is 128 Å². The number of amides is 1. The fourth-order valence-electron chi connectivity index (χ4n) is 1.74. The Morgan fingerprint density at radius 2 is 2.05 bits per heavy atom. The van der Waals surface area contributed by atoms with Gasteiger partial charge in [-0.05, 0) is 40.5 Å². The molecule has 0 unspecified atom stereocenters. The highest BCUT2D eigenvalue weighted by Gasteiger charge is 2.16. The van der Waals surface area contributed by atoms with Crippen molar-refractivity contribution in [1.29, 1.82) is 0 Å². The van der Waals surface area contributed by atoms with Crippen LogP contribution in [0, 0.1) is 22.9 Å². The number of hydrogen-bond donors (Lipinski definition) is 1. The number of carbonyl (C=O) groups excluding carboxylic acids is 1. The van der Waals surface area contributed by atoms with Crippen LogP contribution in [-0.4, -0.2) is 10.8 Å². The van der Waals surface area contributed by atoms with Crippen LogP contribution >= 0.6 is 15.9 Å². The highest BCUT2D eigenvalue weighted by molar-refractivity contribution is 9.10. The number of nitro groups is 1. The summed E-state index contributed by atoms with van der Waals surface area (Å²) in [4.78, 5) is 22.2. The molecule has 0 saturated heterocycles. The zero-order chi connectivity index (χ0) is 15.6. The van der Waals surface area contributed by atoms with Gasteiger partial charge in [-0.3, -0.25) is 14.9 Å². The SMILES string of the molecule is Cc1cccc(C(=O)Nc2cc([N+](=O)[O-])ccc2F)c1Br. The average Bonchev–Trinajstić information content (AvgIpc) is 2.43. The smallest absolute Gasteiger partial charge is 0.271 e. The topological polar surface area (TPSA) is 72.2 Å². The zero-order valence-electron chi connectivity index (χ0n) is 10.9. The maximum atomic E-state index is 13.6. The molecule has 2 aromatic rings. The van der Waals surface area contributed by atoms with E-state index in [1.165, 1.54) is 0 Å². The predicted molar refractivity (Wildman–Crippen MR) is 79.9 cm³/mol. The number of benzene rings is 2. The number of carbonyl (C=O) groups is 1. The number of nitrogens with one attached hydrogen (secondary N) is 1. The van der Waals surface area contributed by atoms with Crippen molar-refractivity contribution >= 4 is 33.2 Å². The van der Waals surface area contributed by atoms with E-state index in [9.17, 15) is 19.3 Å². The molecule has 0 aliphatic heterocycles. The zero-order valence-corrected chi connectivity index (χ0v) is 12.5. The second kappa shape index (κ2) is 6.01. The minimum Gasteiger partial charge on any atom is -0.319 e. The van der Waals surface area contributed by atoms with Gasteiger partial charge in [0, 0.05) is 16.6 Å². The molecule has 0 spiro atoms. The number of rotatable bonds is 3. The van der Waals surface area contributed by atoms with Crippen molar-refractivity contribution in [3.63, 3.8) is 0 Å². The van der Waals surface area contributed by atoms with Gasteiger partial charge < -0.3 is 5.32 Å². The maximum absolute atomic E-state index is 13.6. The summed E-state index contributed by atoms with van der Waals surface area (Å²) >= 11 is 3.29. The predicted octanol–water partition coefficient (Wildman–Crippen LogP) is 4.06. The van der Waals surface area contributed by atoms with E-state index >= 15 is 0 Å². The van der Waals surface area contributed by atoms with Crippen molar-refractivity contribution < 1.29 is 14.1 Å². The molecule has 0 aliphatic rings. The molecule has 2 aromatic carbocycles. The molecule has 0 fully saturated rings. The van der Waals surface area contributed by atoms with Crippen molar-refractivity contribution in [2.24, 2.45) is 0 Å². The van der Waals surface area contributed by atoms with Gasteiger partial charge in [-0.2, -0.15) is 0 Å². The standard InChI is InChI=1S/C14H10BrFN2O3/c1-8-3-2-4-10(13(8)15)14(19)17-12-7-9(18(20)21)5-6-11(12)16/h2-7H,1H3,(H,17,19). The lowest BCUT2D eigenvalue weighted by Crippen LogP contribution is -2.14. The first-order chi connectivity index (χ1) is 9.90. The van der Waals surface area contributed by atoms with E-state index in [0.717, 1.165) is 23.8 Å². The molecule has 0 heterocycles. The third-order valence-corrected chi connectivity index (χ3v) is 3.90. The molecular weight excluding hydrogens is 343 g/mol. The van der Waals surface area contributed by atoms with E-state index < -0.39 is 16.6 Å². The molecule has 5 nitrogen and oxygen atoms in total. The van der Waals surface area contributed by atoms with Crippen LogP contribution in [0.15, 0.2) is 40.9 Å². The van der Waals surface area contributed by atoms with E-state index in [1.54, 1.807) is 12.1 Å². The third-order valence-electron chi connectivity index (χ3n) is 2.85. The number of non-ortho nitro benzene ring substituents is 1. The van der Waals surface area contributed by atoms with Crippen LogP contribution in [0.3, 0.4) is 0 Å². The first-order valence-electron chi connectivity index (χ1n) is 5.90. The van der Waals surface area contributed by atoms with E-state index in [1.807, 2.05) is 13.0 Å². The molecule has 0 saturated carbocycles. The van der Waals surface area contributed by atoms with Gasteiger partial charge in [-0.1, -0.05) is 12.1 Å². The Morgan fingerprint density at radius 3 is 2.71 bits per heavy atom. The first kappa shape index (κ1) is 15.1. The van der Waals surface area contributed by atoms with E-state index in [2.05, 4.69) is 21.2 Å². The average molecular weight is 353 g/mol. The number of halogens is 2. The van der Waals surface area contributed by atoms with Gasteiger partial charge in [0.2, 0.25) is 0 Å². The molecule has 21 heavy (non-hydrogen) atoms. The number of anilines is 1. The highest BCUT2D eigenvalue weighted by Crippen LogP contribution is 2.25.